The van der Waals surface area contributed by atoms with Gasteiger partial charge in [0.2, 0.25) is 0 Å². The van der Waals surface area contributed by atoms with E-state index in [1.807, 2.05) is 0 Å². The van der Waals surface area contributed by atoms with Gasteiger partial charge in [0.1, 0.15) is 6.10 Å². The van der Waals surface area contributed by atoms with Crippen molar-refractivity contribution in [3.63, 3.8) is 0 Å². The van der Waals surface area contributed by atoms with E-state index in [2.05, 4.69) is 40.7 Å². The number of rotatable bonds is 9. The standard InChI is InChI=1S/C32H52O4/c1-20(2)8-7-9-21(3)26-12-13-27-25-11-10-23-19-24(36-30(35)22(4)18-29(33)34)14-16-31(23,5)28(25)15-17-32(26,27)6/h10,20-22,24-28H,7-9,11-19H2,1-6H3,(H,33,34)/t21?,22?,24-,25-,26+,27-,28-,31-,32+/m0/s1. The summed E-state index contributed by atoms with van der Waals surface area (Å²) < 4.78 is 5.81. The average Bonchev–Trinajstić information content (AvgIpc) is 3.15. The second-order valence-corrected chi connectivity index (χ2v) is 14.1. The molecule has 4 aliphatic carbocycles. The highest BCUT2D eigenvalue weighted by molar-refractivity contribution is 5.78. The van der Waals surface area contributed by atoms with Crippen molar-refractivity contribution in [3.05, 3.63) is 11.6 Å². The molecule has 9 atom stereocenters. The van der Waals surface area contributed by atoms with Crippen LogP contribution < -0.4 is 0 Å². The highest BCUT2D eigenvalue weighted by atomic mass is 16.5. The minimum Gasteiger partial charge on any atom is -0.481 e. The van der Waals surface area contributed by atoms with Gasteiger partial charge in [0.25, 0.3) is 0 Å². The largest absolute Gasteiger partial charge is 0.481 e. The Labute approximate surface area is 220 Å². The van der Waals surface area contributed by atoms with Crippen LogP contribution in [-0.2, 0) is 14.3 Å². The van der Waals surface area contributed by atoms with Crippen molar-refractivity contribution in [1.29, 1.82) is 0 Å². The van der Waals surface area contributed by atoms with E-state index in [1.165, 1.54) is 56.9 Å². The number of carbonyl (C=O) groups excluding carboxylic acids is 1. The Morgan fingerprint density at radius 1 is 1.03 bits per heavy atom. The van der Waals surface area contributed by atoms with E-state index in [0.717, 1.165) is 54.8 Å². The average molecular weight is 501 g/mol. The van der Waals surface area contributed by atoms with Gasteiger partial charge in [0.05, 0.1) is 12.3 Å². The molecule has 4 aliphatic rings. The minimum atomic E-state index is -0.944. The lowest BCUT2D eigenvalue weighted by Gasteiger charge is -2.58. The molecule has 3 fully saturated rings. The number of hydrogen-bond donors (Lipinski definition) is 1. The maximum Gasteiger partial charge on any atom is 0.309 e. The maximum atomic E-state index is 12.5. The topological polar surface area (TPSA) is 63.6 Å². The molecule has 1 N–H and O–H groups in total. The Kier molecular flexibility index (Phi) is 8.32. The summed E-state index contributed by atoms with van der Waals surface area (Å²) in [5.41, 5.74) is 2.26. The van der Waals surface area contributed by atoms with Crippen LogP contribution in [0, 0.1) is 52.3 Å². The van der Waals surface area contributed by atoms with Gasteiger partial charge in [-0.3, -0.25) is 9.59 Å². The van der Waals surface area contributed by atoms with E-state index in [0.29, 0.717) is 5.41 Å². The molecule has 0 amide bonds. The zero-order chi connectivity index (χ0) is 26.3. The van der Waals surface area contributed by atoms with E-state index in [9.17, 15) is 9.59 Å². The van der Waals surface area contributed by atoms with Crippen molar-refractivity contribution in [2.75, 3.05) is 0 Å². The Bertz CT molecular complexity index is 845. The molecule has 0 aromatic heterocycles. The highest BCUT2D eigenvalue weighted by Crippen LogP contribution is 2.67. The van der Waals surface area contributed by atoms with Gasteiger partial charge in [-0.2, -0.15) is 0 Å². The van der Waals surface area contributed by atoms with Gasteiger partial charge in [-0.1, -0.05) is 72.5 Å². The second kappa shape index (κ2) is 10.8. The van der Waals surface area contributed by atoms with Crippen LogP contribution in [0.4, 0.5) is 0 Å². The molecule has 4 rings (SSSR count). The Balaban J connectivity index is 1.41. The predicted molar refractivity (Wildman–Crippen MR) is 144 cm³/mol. The van der Waals surface area contributed by atoms with Crippen LogP contribution in [0.5, 0.6) is 0 Å². The summed E-state index contributed by atoms with van der Waals surface area (Å²) in [6.07, 6.45) is 16.0. The molecule has 204 valence electrons. The summed E-state index contributed by atoms with van der Waals surface area (Å²) in [5.74, 6) is 3.08. The van der Waals surface area contributed by atoms with Crippen molar-refractivity contribution in [2.45, 2.75) is 125 Å². The number of esters is 1. The molecule has 0 saturated heterocycles. The maximum absolute atomic E-state index is 12.5. The lowest BCUT2D eigenvalue weighted by atomic mass is 9.47. The summed E-state index contributed by atoms with van der Waals surface area (Å²) in [7, 11) is 0. The van der Waals surface area contributed by atoms with Crippen molar-refractivity contribution in [1.82, 2.24) is 0 Å². The number of aliphatic carboxylic acids is 1. The van der Waals surface area contributed by atoms with E-state index < -0.39 is 11.9 Å². The van der Waals surface area contributed by atoms with Crippen molar-refractivity contribution in [2.24, 2.45) is 52.3 Å². The first-order valence-electron chi connectivity index (χ1n) is 15.1. The van der Waals surface area contributed by atoms with Crippen LogP contribution in [0.2, 0.25) is 0 Å². The van der Waals surface area contributed by atoms with Crippen molar-refractivity contribution < 1.29 is 19.4 Å². The molecule has 0 aromatic carbocycles. The van der Waals surface area contributed by atoms with Gasteiger partial charge in [0.15, 0.2) is 0 Å². The molecule has 3 saturated carbocycles. The SMILES string of the molecule is CC(C)CCCC(C)[C@H]1CC[C@H]2[C@@H]3CC=C4C[C@@H](OC(=O)C(C)CC(=O)O)CC[C@]4(C)[C@H]3CC[C@]12C. The number of carboxylic acids is 1. The molecule has 0 aromatic rings. The Morgan fingerprint density at radius 2 is 1.78 bits per heavy atom. The molecule has 0 spiro atoms. The number of hydrogen-bond acceptors (Lipinski definition) is 3. The normalized spacial score (nSPS) is 39.4. The Hall–Kier alpha value is -1.32. The van der Waals surface area contributed by atoms with Crippen molar-refractivity contribution in [3.8, 4) is 0 Å². The van der Waals surface area contributed by atoms with E-state index in [-0.39, 0.29) is 23.9 Å². The van der Waals surface area contributed by atoms with Crippen LogP contribution in [0.3, 0.4) is 0 Å². The van der Waals surface area contributed by atoms with Gasteiger partial charge >= 0.3 is 11.9 Å². The molecule has 36 heavy (non-hydrogen) atoms. The predicted octanol–water partition coefficient (Wildman–Crippen LogP) is 8.05. The summed E-state index contributed by atoms with van der Waals surface area (Å²) in [4.78, 5) is 23.4. The zero-order valence-corrected chi connectivity index (χ0v) is 23.9. The summed E-state index contributed by atoms with van der Waals surface area (Å²) >= 11 is 0. The number of carboxylic acid groups (broad SMARTS) is 1. The van der Waals surface area contributed by atoms with E-state index >= 15 is 0 Å². The number of allylic oxidation sites excluding steroid dienone is 1. The molecular formula is C32H52O4. The van der Waals surface area contributed by atoms with Gasteiger partial charge in [-0.05, 0) is 91.3 Å². The Morgan fingerprint density at radius 3 is 2.47 bits per heavy atom. The van der Waals surface area contributed by atoms with E-state index in [4.69, 9.17) is 9.84 Å². The fraction of sp³-hybridized carbons (Fsp3) is 0.875. The third-order valence-electron chi connectivity index (χ3n) is 11.4. The zero-order valence-electron chi connectivity index (χ0n) is 23.9. The number of ether oxygens (including phenoxy) is 1. The van der Waals surface area contributed by atoms with Gasteiger partial charge in [-0.15, -0.1) is 0 Å². The molecule has 0 radical (unpaired) electrons. The summed E-state index contributed by atoms with van der Waals surface area (Å²) in [6, 6.07) is 0. The van der Waals surface area contributed by atoms with Gasteiger partial charge in [0, 0.05) is 6.42 Å². The molecule has 0 aliphatic heterocycles. The second-order valence-electron chi connectivity index (χ2n) is 14.1. The van der Waals surface area contributed by atoms with E-state index in [1.54, 1.807) is 6.92 Å². The van der Waals surface area contributed by atoms with Crippen LogP contribution in [-0.4, -0.2) is 23.1 Å². The monoisotopic (exact) mass is 500 g/mol. The molecule has 0 bridgehead atoms. The lowest BCUT2D eigenvalue weighted by molar-refractivity contribution is -0.159. The molecule has 4 heteroatoms. The molecule has 4 nitrogen and oxygen atoms in total. The lowest BCUT2D eigenvalue weighted by Crippen LogP contribution is -2.51. The third kappa shape index (κ3) is 5.30. The van der Waals surface area contributed by atoms with Crippen LogP contribution in [0.25, 0.3) is 0 Å². The van der Waals surface area contributed by atoms with Gasteiger partial charge in [-0.25, -0.2) is 0 Å². The first kappa shape index (κ1) is 27.7. The summed E-state index contributed by atoms with van der Waals surface area (Å²) in [5, 5.41) is 9.01. The number of fused-ring (bicyclic) bond motifs is 5. The quantitative estimate of drug-likeness (QED) is 0.257. The summed E-state index contributed by atoms with van der Waals surface area (Å²) in [6.45, 7) is 14.1. The van der Waals surface area contributed by atoms with Crippen LogP contribution in [0.1, 0.15) is 119 Å². The fourth-order valence-electron chi connectivity index (χ4n) is 9.38. The molecular weight excluding hydrogens is 448 g/mol. The fourth-order valence-corrected chi connectivity index (χ4v) is 9.38. The van der Waals surface area contributed by atoms with Crippen molar-refractivity contribution >= 4 is 11.9 Å². The smallest absolute Gasteiger partial charge is 0.309 e. The first-order chi connectivity index (χ1) is 17.0. The minimum absolute atomic E-state index is 0.0963. The molecule has 2 unspecified atom stereocenters. The first-order valence-corrected chi connectivity index (χ1v) is 15.1. The molecule has 0 heterocycles. The van der Waals surface area contributed by atoms with Gasteiger partial charge < -0.3 is 9.84 Å². The highest BCUT2D eigenvalue weighted by Gasteiger charge is 2.59. The third-order valence-corrected chi connectivity index (χ3v) is 11.4. The van der Waals surface area contributed by atoms with Crippen LogP contribution in [0.15, 0.2) is 11.6 Å². The van der Waals surface area contributed by atoms with Crippen LogP contribution >= 0.6 is 0 Å². The number of carbonyl (C=O) groups is 2.